The van der Waals surface area contributed by atoms with E-state index in [2.05, 4.69) is 4.90 Å². The van der Waals surface area contributed by atoms with Crippen LogP contribution in [0, 0.1) is 5.41 Å². The highest BCUT2D eigenvalue weighted by atomic mass is 35.5. The molecule has 1 nitrogen and oxygen atoms in total. The minimum absolute atomic E-state index is 0. The van der Waals surface area contributed by atoms with Gasteiger partial charge in [0, 0.05) is 12.4 Å². The summed E-state index contributed by atoms with van der Waals surface area (Å²) in [5.41, 5.74) is 0.548. The highest BCUT2D eigenvalue weighted by molar-refractivity contribution is 6.18. The molecule has 1 heterocycles. The molecule has 0 aromatic carbocycles. The number of alkyl halides is 1. The Morgan fingerprint density at radius 1 is 1.17 bits per heavy atom. The third kappa shape index (κ3) is 2.27. The molecule has 12 heavy (non-hydrogen) atoms. The molecule has 72 valence electrons. The quantitative estimate of drug-likeness (QED) is 0.647. The highest BCUT2D eigenvalue weighted by Gasteiger charge is 2.43. The first-order chi connectivity index (χ1) is 5.35. The van der Waals surface area contributed by atoms with Gasteiger partial charge < -0.3 is 4.90 Å². The molecule has 0 spiro atoms. The molecule has 1 aliphatic heterocycles. The summed E-state index contributed by atoms with van der Waals surface area (Å²) in [4.78, 5) is 2.58. The standard InChI is InChI=1S/C9H16ClN.ClH/c10-7-9(3-4-9)8-11-5-1-2-6-11;/h1-8H2;1H. The lowest BCUT2D eigenvalue weighted by atomic mass is 10.1. The van der Waals surface area contributed by atoms with Crippen molar-refractivity contribution < 1.29 is 0 Å². The second-order valence-electron chi connectivity index (χ2n) is 4.12. The summed E-state index contributed by atoms with van der Waals surface area (Å²) >= 11 is 5.91. The van der Waals surface area contributed by atoms with Crippen molar-refractivity contribution in [1.82, 2.24) is 4.90 Å². The van der Waals surface area contributed by atoms with E-state index in [4.69, 9.17) is 11.6 Å². The van der Waals surface area contributed by atoms with Crippen molar-refractivity contribution in [3.8, 4) is 0 Å². The van der Waals surface area contributed by atoms with Crippen LogP contribution in [-0.2, 0) is 0 Å². The number of halogens is 2. The third-order valence-corrected chi connectivity index (χ3v) is 3.57. The highest BCUT2D eigenvalue weighted by Crippen LogP contribution is 2.47. The molecular formula is C9H17Cl2N. The fraction of sp³-hybridized carbons (Fsp3) is 1.00. The number of nitrogens with zero attached hydrogens (tertiary/aromatic N) is 1. The number of hydrogen-bond donors (Lipinski definition) is 0. The molecule has 0 aromatic rings. The smallest absolute Gasteiger partial charge is 0.0292 e. The zero-order valence-electron chi connectivity index (χ0n) is 7.39. The fourth-order valence-corrected chi connectivity index (χ4v) is 2.28. The van der Waals surface area contributed by atoms with Crippen LogP contribution in [0.1, 0.15) is 25.7 Å². The second kappa shape index (κ2) is 4.17. The van der Waals surface area contributed by atoms with Gasteiger partial charge in [-0.2, -0.15) is 0 Å². The Kier molecular flexibility index (Phi) is 3.69. The van der Waals surface area contributed by atoms with Crippen LogP contribution in [-0.4, -0.2) is 30.4 Å². The van der Waals surface area contributed by atoms with E-state index < -0.39 is 0 Å². The molecule has 0 atom stereocenters. The van der Waals surface area contributed by atoms with Crippen molar-refractivity contribution in [2.75, 3.05) is 25.5 Å². The fourth-order valence-electron chi connectivity index (χ4n) is 1.93. The number of likely N-dealkylation sites (tertiary alicyclic amines) is 1. The Labute approximate surface area is 85.9 Å². The van der Waals surface area contributed by atoms with Crippen molar-refractivity contribution in [2.24, 2.45) is 5.41 Å². The summed E-state index contributed by atoms with van der Waals surface area (Å²) in [7, 11) is 0. The summed E-state index contributed by atoms with van der Waals surface area (Å²) in [6.45, 7) is 3.91. The Hall–Kier alpha value is 0.540. The molecule has 0 radical (unpaired) electrons. The van der Waals surface area contributed by atoms with Gasteiger partial charge in [0.05, 0.1) is 0 Å². The van der Waals surface area contributed by atoms with Crippen LogP contribution in [0.25, 0.3) is 0 Å². The lowest BCUT2D eigenvalue weighted by molar-refractivity contribution is 0.278. The van der Waals surface area contributed by atoms with Crippen LogP contribution in [0.5, 0.6) is 0 Å². The van der Waals surface area contributed by atoms with Gasteiger partial charge in [0.15, 0.2) is 0 Å². The molecular weight excluding hydrogens is 193 g/mol. The minimum atomic E-state index is 0. The summed E-state index contributed by atoms with van der Waals surface area (Å²) in [6, 6.07) is 0. The first-order valence-electron chi connectivity index (χ1n) is 4.63. The van der Waals surface area contributed by atoms with Gasteiger partial charge in [-0.05, 0) is 44.2 Å². The molecule has 1 saturated heterocycles. The van der Waals surface area contributed by atoms with Gasteiger partial charge in [-0.25, -0.2) is 0 Å². The summed E-state index contributed by atoms with van der Waals surface area (Å²) in [5.74, 6) is 0.878. The molecule has 1 aliphatic carbocycles. The lowest BCUT2D eigenvalue weighted by Crippen LogP contribution is -2.28. The first-order valence-corrected chi connectivity index (χ1v) is 5.16. The zero-order valence-corrected chi connectivity index (χ0v) is 8.96. The van der Waals surface area contributed by atoms with Gasteiger partial charge in [0.25, 0.3) is 0 Å². The Morgan fingerprint density at radius 3 is 2.17 bits per heavy atom. The molecule has 0 amide bonds. The van der Waals surface area contributed by atoms with Crippen LogP contribution in [0.3, 0.4) is 0 Å². The van der Waals surface area contributed by atoms with E-state index in [-0.39, 0.29) is 12.4 Å². The van der Waals surface area contributed by atoms with Crippen LogP contribution in [0.4, 0.5) is 0 Å². The van der Waals surface area contributed by atoms with E-state index in [1.165, 1.54) is 45.3 Å². The molecule has 2 aliphatic rings. The maximum Gasteiger partial charge on any atom is 0.0292 e. The van der Waals surface area contributed by atoms with Gasteiger partial charge in [-0.3, -0.25) is 0 Å². The molecule has 0 bridgehead atoms. The topological polar surface area (TPSA) is 3.24 Å². The normalized spacial score (nSPS) is 26.8. The van der Waals surface area contributed by atoms with E-state index in [1.54, 1.807) is 0 Å². The Balaban J connectivity index is 0.000000720. The van der Waals surface area contributed by atoms with E-state index in [0.717, 1.165) is 5.88 Å². The van der Waals surface area contributed by atoms with Gasteiger partial charge in [-0.1, -0.05) is 0 Å². The monoisotopic (exact) mass is 209 g/mol. The summed E-state index contributed by atoms with van der Waals surface area (Å²) in [6.07, 6.45) is 5.54. The maximum absolute atomic E-state index is 5.91. The average molecular weight is 210 g/mol. The van der Waals surface area contributed by atoms with Crippen LogP contribution in [0.2, 0.25) is 0 Å². The number of hydrogen-bond acceptors (Lipinski definition) is 1. The Bertz CT molecular complexity index is 139. The second-order valence-corrected chi connectivity index (χ2v) is 4.38. The predicted molar refractivity (Wildman–Crippen MR) is 55.3 cm³/mol. The molecule has 0 aromatic heterocycles. The number of rotatable bonds is 3. The molecule has 3 heteroatoms. The van der Waals surface area contributed by atoms with Crippen LogP contribution < -0.4 is 0 Å². The van der Waals surface area contributed by atoms with Crippen molar-refractivity contribution in [3.63, 3.8) is 0 Å². The summed E-state index contributed by atoms with van der Waals surface area (Å²) in [5, 5.41) is 0. The maximum atomic E-state index is 5.91. The first kappa shape index (κ1) is 10.6. The molecule has 1 saturated carbocycles. The van der Waals surface area contributed by atoms with Gasteiger partial charge in [0.2, 0.25) is 0 Å². The average Bonchev–Trinajstić information content (AvgIpc) is 2.59. The SMILES string of the molecule is Cl.ClCC1(CN2CCCC2)CC1. The van der Waals surface area contributed by atoms with E-state index in [1.807, 2.05) is 0 Å². The molecule has 0 unspecified atom stereocenters. The Morgan fingerprint density at radius 2 is 1.75 bits per heavy atom. The lowest BCUT2D eigenvalue weighted by Gasteiger charge is -2.20. The van der Waals surface area contributed by atoms with Crippen molar-refractivity contribution in [2.45, 2.75) is 25.7 Å². The minimum Gasteiger partial charge on any atom is -0.303 e. The predicted octanol–water partition coefficient (Wildman–Crippen LogP) is 2.52. The van der Waals surface area contributed by atoms with Gasteiger partial charge in [0.1, 0.15) is 0 Å². The van der Waals surface area contributed by atoms with Crippen molar-refractivity contribution in [3.05, 3.63) is 0 Å². The van der Waals surface area contributed by atoms with Gasteiger partial charge in [-0.15, -0.1) is 24.0 Å². The van der Waals surface area contributed by atoms with E-state index >= 15 is 0 Å². The van der Waals surface area contributed by atoms with Crippen LogP contribution >= 0.6 is 24.0 Å². The zero-order chi connectivity index (χ0) is 7.73. The van der Waals surface area contributed by atoms with Crippen molar-refractivity contribution in [1.29, 1.82) is 0 Å². The molecule has 2 rings (SSSR count). The van der Waals surface area contributed by atoms with Gasteiger partial charge >= 0.3 is 0 Å². The van der Waals surface area contributed by atoms with Crippen molar-refractivity contribution >= 4 is 24.0 Å². The largest absolute Gasteiger partial charge is 0.303 e. The third-order valence-electron chi connectivity index (χ3n) is 3.00. The molecule has 0 N–H and O–H groups in total. The van der Waals surface area contributed by atoms with E-state index in [9.17, 15) is 0 Å². The molecule has 2 fully saturated rings. The van der Waals surface area contributed by atoms with Crippen LogP contribution in [0.15, 0.2) is 0 Å². The summed E-state index contributed by atoms with van der Waals surface area (Å²) < 4.78 is 0. The van der Waals surface area contributed by atoms with E-state index in [0.29, 0.717) is 5.41 Å².